The van der Waals surface area contributed by atoms with Crippen molar-refractivity contribution in [3.8, 4) is 0 Å². The van der Waals surface area contributed by atoms with Crippen LogP contribution in [0.1, 0.15) is 51.5 Å². The van der Waals surface area contributed by atoms with Crippen molar-refractivity contribution in [1.29, 1.82) is 0 Å². The molecule has 1 fully saturated rings. The van der Waals surface area contributed by atoms with E-state index >= 15 is 0 Å². The van der Waals surface area contributed by atoms with Crippen LogP contribution in [-0.2, 0) is 41.7 Å². The monoisotopic (exact) mass is 550 g/mol. The summed E-state index contributed by atoms with van der Waals surface area (Å²) in [7, 11) is 0. The Morgan fingerprint density at radius 2 is 1.73 bits per heavy atom. The van der Waals surface area contributed by atoms with E-state index in [0.29, 0.717) is 37.3 Å². The lowest BCUT2D eigenvalue weighted by molar-refractivity contribution is -0.163. The molecule has 1 aliphatic heterocycles. The van der Waals surface area contributed by atoms with Crippen LogP contribution < -0.4 is 10.6 Å². The highest BCUT2D eigenvalue weighted by Crippen LogP contribution is 2.36. The molecule has 40 heavy (non-hydrogen) atoms. The first-order valence-electron chi connectivity index (χ1n) is 14.0. The van der Waals surface area contributed by atoms with Gasteiger partial charge in [-0.1, -0.05) is 43.3 Å². The third-order valence-corrected chi connectivity index (χ3v) is 7.79. The zero-order valence-corrected chi connectivity index (χ0v) is 22.7. The Bertz CT molecular complexity index is 1320. The summed E-state index contributed by atoms with van der Waals surface area (Å²) in [6.45, 7) is 3.86. The molecule has 1 aliphatic carbocycles. The number of hydrogen-bond acceptors (Lipinski definition) is 5. The van der Waals surface area contributed by atoms with E-state index in [4.69, 9.17) is 9.47 Å². The molecular weight excluding hydrogens is 514 g/mol. The molecule has 1 amide bonds. The second kappa shape index (κ2) is 12.6. The highest BCUT2D eigenvalue weighted by molar-refractivity contribution is 5.96. The van der Waals surface area contributed by atoms with Crippen molar-refractivity contribution in [2.45, 2.75) is 63.5 Å². The predicted molar refractivity (Wildman–Crippen MR) is 148 cm³/mol. The van der Waals surface area contributed by atoms with E-state index in [1.54, 1.807) is 6.07 Å². The van der Waals surface area contributed by atoms with E-state index in [-0.39, 0.29) is 18.9 Å². The first kappa shape index (κ1) is 28.4. The van der Waals surface area contributed by atoms with Crippen LogP contribution in [-0.4, -0.2) is 48.7 Å². The van der Waals surface area contributed by atoms with E-state index in [0.717, 1.165) is 42.0 Å². The fourth-order valence-electron chi connectivity index (χ4n) is 5.69. The number of hydrogen-bond donors (Lipinski definition) is 3. The number of aliphatic hydroxyl groups is 1. The van der Waals surface area contributed by atoms with Crippen molar-refractivity contribution >= 4 is 5.91 Å². The van der Waals surface area contributed by atoms with Gasteiger partial charge in [-0.25, -0.2) is 8.78 Å². The van der Waals surface area contributed by atoms with Crippen LogP contribution in [0.25, 0.3) is 0 Å². The molecule has 5 rings (SSSR count). The summed E-state index contributed by atoms with van der Waals surface area (Å²) in [5.74, 6) is -2.48. The maximum atomic E-state index is 14.0. The number of halogens is 2. The molecule has 1 heterocycles. The molecule has 0 radical (unpaired) electrons. The minimum atomic E-state index is -1.02. The summed E-state index contributed by atoms with van der Waals surface area (Å²) >= 11 is 0. The van der Waals surface area contributed by atoms with E-state index in [1.165, 1.54) is 17.7 Å². The molecule has 8 heteroatoms. The van der Waals surface area contributed by atoms with E-state index in [2.05, 4.69) is 29.7 Å². The quantitative estimate of drug-likeness (QED) is 0.352. The third-order valence-electron chi connectivity index (χ3n) is 7.79. The molecule has 3 aromatic rings. The van der Waals surface area contributed by atoms with Crippen LogP contribution in [0.15, 0.2) is 60.7 Å². The van der Waals surface area contributed by atoms with E-state index in [9.17, 15) is 18.7 Å². The van der Waals surface area contributed by atoms with Gasteiger partial charge in [-0.3, -0.25) is 4.79 Å². The van der Waals surface area contributed by atoms with Crippen LogP contribution in [0.3, 0.4) is 0 Å². The molecule has 0 saturated carbocycles. The minimum Gasteiger partial charge on any atom is -0.390 e. The molecule has 0 unspecified atom stereocenters. The maximum absolute atomic E-state index is 14.0. The number of aliphatic hydroxyl groups excluding tert-OH is 1. The first-order valence-corrected chi connectivity index (χ1v) is 14.0. The van der Waals surface area contributed by atoms with Crippen molar-refractivity contribution in [3.63, 3.8) is 0 Å². The smallest absolute Gasteiger partial charge is 0.251 e. The number of benzene rings is 3. The summed E-state index contributed by atoms with van der Waals surface area (Å²) in [6.07, 6.45) is 1.89. The molecule has 3 N–H and O–H groups in total. The average Bonchev–Trinajstić information content (AvgIpc) is 3.39. The van der Waals surface area contributed by atoms with Crippen molar-refractivity contribution in [3.05, 3.63) is 106 Å². The summed E-state index contributed by atoms with van der Waals surface area (Å²) in [6, 6.07) is 16.3. The van der Waals surface area contributed by atoms with E-state index < -0.39 is 29.6 Å². The van der Waals surface area contributed by atoms with Gasteiger partial charge in [-0.05, 0) is 65.3 Å². The molecule has 0 bridgehead atoms. The SMILES string of the molecule is CCc1cccc(CNC[C@@H](O)[C@H](Cc2cc(F)cc(F)c2)NC(=O)c2cccc3c2CC2(CC3)OCCO2)c1. The van der Waals surface area contributed by atoms with Gasteiger partial charge in [0.15, 0.2) is 5.79 Å². The Kier molecular flexibility index (Phi) is 8.90. The molecule has 6 nitrogen and oxygen atoms in total. The number of rotatable bonds is 10. The maximum Gasteiger partial charge on any atom is 0.251 e. The Labute approximate surface area is 233 Å². The predicted octanol–water partition coefficient (Wildman–Crippen LogP) is 4.25. The van der Waals surface area contributed by atoms with Gasteiger partial charge >= 0.3 is 0 Å². The fraction of sp³-hybridized carbons (Fsp3) is 0.406. The molecular formula is C32H36F2N2O4. The molecule has 0 aromatic heterocycles. The summed E-state index contributed by atoms with van der Waals surface area (Å²) in [5.41, 5.74) is 5.08. The van der Waals surface area contributed by atoms with Gasteiger partial charge in [0.1, 0.15) is 11.6 Å². The summed E-state index contributed by atoms with van der Waals surface area (Å²) in [4.78, 5) is 13.7. The Morgan fingerprint density at radius 1 is 1.00 bits per heavy atom. The number of carbonyl (C=O) groups is 1. The number of amides is 1. The van der Waals surface area contributed by atoms with Crippen LogP contribution in [0.4, 0.5) is 8.78 Å². The lowest BCUT2D eigenvalue weighted by Gasteiger charge is -2.34. The lowest BCUT2D eigenvalue weighted by Crippen LogP contribution is -2.49. The third kappa shape index (κ3) is 6.75. The average molecular weight is 551 g/mol. The van der Waals surface area contributed by atoms with Crippen molar-refractivity contribution in [2.24, 2.45) is 0 Å². The molecule has 1 spiro atoms. The Morgan fingerprint density at radius 3 is 2.48 bits per heavy atom. The fourth-order valence-corrected chi connectivity index (χ4v) is 5.69. The second-order valence-electron chi connectivity index (χ2n) is 10.7. The summed E-state index contributed by atoms with van der Waals surface area (Å²) < 4.78 is 39.8. The van der Waals surface area contributed by atoms with Crippen molar-refractivity contribution in [2.75, 3.05) is 19.8 Å². The number of ether oxygens (including phenoxy) is 2. The van der Waals surface area contributed by atoms with Gasteiger partial charge in [0.2, 0.25) is 0 Å². The van der Waals surface area contributed by atoms with Crippen LogP contribution in [0.2, 0.25) is 0 Å². The molecule has 2 atom stereocenters. The normalized spacial score (nSPS) is 17.4. The van der Waals surface area contributed by atoms with Gasteiger partial charge in [-0.15, -0.1) is 0 Å². The zero-order chi connectivity index (χ0) is 28.1. The molecule has 1 saturated heterocycles. The zero-order valence-electron chi connectivity index (χ0n) is 22.7. The Balaban J connectivity index is 1.33. The van der Waals surface area contributed by atoms with Crippen LogP contribution in [0.5, 0.6) is 0 Å². The van der Waals surface area contributed by atoms with Crippen LogP contribution in [0, 0.1) is 11.6 Å². The summed E-state index contributed by atoms with van der Waals surface area (Å²) in [5, 5.41) is 17.4. The Hall–Kier alpha value is -3.17. The van der Waals surface area contributed by atoms with Gasteiger partial charge in [-0.2, -0.15) is 0 Å². The van der Waals surface area contributed by atoms with Crippen LogP contribution >= 0.6 is 0 Å². The highest BCUT2D eigenvalue weighted by Gasteiger charge is 2.41. The number of aryl methyl sites for hydroxylation is 2. The van der Waals surface area contributed by atoms with Crippen molar-refractivity contribution in [1.82, 2.24) is 10.6 Å². The van der Waals surface area contributed by atoms with Gasteiger partial charge < -0.3 is 25.2 Å². The van der Waals surface area contributed by atoms with Crippen molar-refractivity contribution < 1.29 is 28.2 Å². The highest BCUT2D eigenvalue weighted by atomic mass is 19.1. The molecule has 212 valence electrons. The molecule has 3 aromatic carbocycles. The number of carbonyl (C=O) groups excluding carboxylic acids is 1. The largest absolute Gasteiger partial charge is 0.390 e. The number of fused-ring (bicyclic) bond motifs is 1. The van der Waals surface area contributed by atoms with Gasteiger partial charge in [0, 0.05) is 37.6 Å². The number of nitrogens with one attached hydrogen (secondary N) is 2. The topological polar surface area (TPSA) is 79.8 Å². The van der Waals surface area contributed by atoms with E-state index in [1.807, 2.05) is 24.3 Å². The van der Waals surface area contributed by atoms with Gasteiger partial charge in [0.25, 0.3) is 5.91 Å². The minimum absolute atomic E-state index is 0.0553. The second-order valence-corrected chi connectivity index (χ2v) is 10.7. The standard InChI is InChI=1S/C32H36F2N2O4/c1-2-21-5-3-6-22(13-21)19-35-20-30(37)29(16-23-14-25(33)17-26(34)15-23)36-31(38)27-8-4-7-24-9-10-32(18-28(24)27)39-11-12-40-32/h3-8,13-15,17,29-30,35,37H,2,9-12,16,18-20H2,1H3,(H,36,38)/t29-,30+/m0/s1. The van der Waals surface area contributed by atoms with Gasteiger partial charge in [0.05, 0.1) is 25.4 Å². The lowest BCUT2D eigenvalue weighted by atomic mass is 9.84. The molecule has 2 aliphatic rings. The first-order chi connectivity index (χ1) is 19.3.